The Balaban J connectivity index is 2.12. The van der Waals surface area contributed by atoms with Crippen LogP contribution in [-0.4, -0.2) is 10.2 Å². The third-order valence-corrected chi connectivity index (χ3v) is 7.94. The van der Waals surface area contributed by atoms with Crippen molar-refractivity contribution >= 4 is 0 Å². The molecule has 1 aromatic rings. The van der Waals surface area contributed by atoms with Crippen LogP contribution >= 0.6 is 0 Å². The first kappa shape index (κ1) is 32.8. The molecule has 0 aromatic heterocycles. The van der Waals surface area contributed by atoms with Gasteiger partial charge in [-0.2, -0.15) is 0 Å². The first-order chi connectivity index (χ1) is 17.7. The van der Waals surface area contributed by atoms with Crippen LogP contribution in [0.4, 0.5) is 0 Å². The summed E-state index contributed by atoms with van der Waals surface area (Å²) in [4.78, 5) is 0. The molecule has 0 heterocycles. The molecule has 2 N–H and O–H groups in total. The zero-order valence-corrected chi connectivity index (χ0v) is 24.4. The van der Waals surface area contributed by atoms with Crippen molar-refractivity contribution in [1.82, 2.24) is 0 Å². The SMILES string of the molecule is CCCCCCCCCCCCCCc1ccc(O)c(O)c1CCCCCCCCCCCCCC. The summed E-state index contributed by atoms with van der Waals surface area (Å²) in [6.07, 6.45) is 34.4. The van der Waals surface area contributed by atoms with Gasteiger partial charge in [-0.15, -0.1) is 0 Å². The lowest BCUT2D eigenvalue weighted by molar-refractivity contribution is 0.397. The van der Waals surface area contributed by atoms with Gasteiger partial charge in [0.2, 0.25) is 0 Å². The number of aromatic hydroxyl groups is 2. The second kappa shape index (κ2) is 24.2. The van der Waals surface area contributed by atoms with E-state index in [0.29, 0.717) is 0 Å². The molecule has 210 valence electrons. The quantitative estimate of drug-likeness (QED) is 0.0976. The van der Waals surface area contributed by atoms with E-state index in [0.717, 1.165) is 24.8 Å². The summed E-state index contributed by atoms with van der Waals surface area (Å²) < 4.78 is 0. The first-order valence-electron chi connectivity index (χ1n) is 16.2. The van der Waals surface area contributed by atoms with Crippen molar-refractivity contribution in [3.8, 4) is 11.5 Å². The molecular formula is C34H62O2. The minimum Gasteiger partial charge on any atom is -0.504 e. The second-order valence-electron chi connectivity index (χ2n) is 11.3. The number of phenols is 2. The summed E-state index contributed by atoms with van der Waals surface area (Å²) in [5.74, 6) is 0.178. The Morgan fingerprint density at radius 2 is 0.750 bits per heavy atom. The summed E-state index contributed by atoms with van der Waals surface area (Å²) in [6, 6.07) is 3.72. The smallest absolute Gasteiger partial charge is 0.160 e. The normalized spacial score (nSPS) is 11.4. The summed E-state index contributed by atoms with van der Waals surface area (Å²) >= 11 is 0. The van der Waals surface area contributed by atoms with Crippen LogP contribution in [0.1, 0.15) is 179 Å². The number of benzene rings is 1. The molecule has 0 saturated heterocycles. The maximum Gasteiger partial charge on any atom is 0.160 e. The molecule has 0 unspecified atom stereocenters. The maximum atomic E-state index is 10.5. The number of unbranched alkanes of at least 4 members (excludes halogenated alkanes) is 22. The molecule has 0 aliphatic rings. The van der Waals surface area contributed by atoms with E-state index in [1.54, 1.807) is 6.07 Å². The van der Waals surface area contributed by atoms with Gasteiger partial charge in [-0.3, -0.25) is 0 Å². The van der Waals surface area contributed by atoms with Gasteiger partial charge in [0.1, 0.15) is 0 Å². The lowest BCUT2D eigenvalue weighted by Crippen LogP contribution is -1.97. The number of hydrogen-bond donors (Lipinski definition) is 2. The van der Waals surface area contributed by atoms with Gasteiger partial charge in [0, 0.05) is 5.56 Å². The zero-order chi connectivity index (χ0) is 26.1. The van der Waals surface area contributed by atoms with Crippen molar-refractivity contribution < 1.29 is 10.2 Å². The van der Waals surface area contributed by atoms with Crippen LogP contribution in [0.5, 0.6) is 11.5 Å². The Labute approximate surface area is 225 Å². The molecule has 0 spiro atoms. The highest BCUT2D eigenvalue weighted by Gasteiger charge is 2.12. The molecule has 2 nitrogen and oxygen atoms in total. The average molecular weight is 503 g/mol. The molecule has 2 heteroatoms. The van der Waals surface area contributed by atoms with Gasteiger partial charge in [-0.1, -0.05) is 161 Å². The summed E-state index contributed by atoms with van der Waals surface area (Å²) in [7, 11) is 0. The van der Waals surface area contributed by atoms with Gasteiger partial charge >= 0.3 is 0 Å². The van der Waals surface area contributed by atoms with Crippen LogP contribution < -0.4 is 0 Å². The van der Waals surface area contributed by atoms with Crippen molar-refractivity contribution in [2.75, 3.05) is 0 Å². The number of aryl methyl sites for hydroxylation is 1. The van der Waals surface area contributed by atoms with E-state index in [1.165, 1.54) is 153 Å². The molecule has 0 radical (unpaired) electrons. The first-order valence-corrected chi connectivity index (χ1v) is 16.2. The molecule has 0 aliphatic carbocycles. The molecule has 0 aliphatic heterocycles. The van der Waals surface area contributed by atoms with Crippen molar-refractivity contribution in [2.24, 2.45) is 0 Å². The van der Waals surface area contributed by atoms with Crippen molar-refractivity contribution in [3.63, 3.8) is 0 Å². The molecule has 0 atom stereocenters. The lowest BCUT2D eigenvalue weighted by Gasteiger charge is -2.13. The van der Waals surface area contributed by atoms with Crippen molar-refractivity contribution in [2.45, 2.75) is 181 Å². The van der Waals surface area contributed by atoms with E-state index in [-0.39, 0.29) is 11.5 Å². The topological polar surface area (TPSA) is 40.5 Å². The fourth-order valence-electron chi connectivity index (χ4n) is 5.48. The Morgan fingerprint density at radius 1 is 0.417 bits per heavy atom. The van der Waals surface area contributed by atoms with Crippen LogP contribution in [0.2, 0.25) is 0 Å². The van der Waals surface area contributed by atoms with E-state index < -0.39 is 0 Å². The molecule has 0 bridgehead atoms. The Kier molecular flexibility index (Phi) is 22.1. The second-order valence-corrected chi connectivity index (χ2v) is 11.3. The average Bonchev–Trinajstić information content (AvgIpc) is 2.88. The highest BCUT2D eigenvalue weighted by molar-refractivity contribution is 5.49. The van der Waals surface area contributed by atoms with Gasteiger partial charge < -0.3 is 10.2 Å². The highest BCUT2D eigenvalue weighted by Crippen LogP contribution is 2.33. The molecule has 1 aromatic carbocycles. The largest absolute Gasteiger partial charge is 0.504 e. The van der Waals surface area contributed by atoms with Gasteiger partial charge in [-0.25, -0.2) is 0 Å². The highest BCUT2D eigenvalue weighted by atomic mass is 16.3. The Morgan fingerprint density at radius 3 is 1.14 bits per heavy atom. The van der Waals surface area contributed by atoms with E-state index in [2.05, 4.69) is 13.8 Å². The number of hydrogen-bond acceptors (Lipinski definition) is 2. The van der Waals surface area contributed by atoms with Gasteiger partial charge in [0.15, 0.2) is 11.5 Å². The van der Waals surface area contributed by atoms with E-state index in [1.807, 2.05) is 6.07 Å². The van der Waals surface area contributed by atoms with Crippen molar-refractivity contribution in [1.29, 1.82) is 0 Å². The maximum absolute atomic E-state index is 10.5. The summed E-state index contributed by atoms with van der Waals surface area (Å²) in [5.41, 5.74) is 2.26. The molecule has 0 amide bonds. The molecular weight excluding hydrogens is 440 g/mol. The lowest BCUT2D eigenvalue weighted by atomic mass is 9.95. The van der Waals surface area contributed by atoms with Crippen molar-refractivity contribution in [3.05, 3.63) is 23.3 Å². The zero-order valence-electron chi connectivity index (χ0n) is 24.4. The van der Waals surface area contributed by atoms with Crippen LogP contribution in [0.15, 0.2) is 12.1 Å². The molecule has 1 rings (SSSR count). The predicted molar refractivity (Wildman–Crippen MR) is 159 cm³/mol. The van der Waals surface area contributed by atoms with E-state index in [9.17, 15) is 10.2 Å². The summed E-state index contributed by atoms with van der Waals surface area (Å²) in [5, 5.41) is 20.5. The molecule has 0 fully saturated rings. The fraction of sp³-hybridized carbons (Fsp3) is 0.824. The van der Waals surface area contributed by atoms with Gasteiger partial charge in [0.25, 0.3) is 0 Å². The van der Waals surface area contributed by atoms with Gasteiger partial charge in [0.05, 0.1) is 0 Å². The predicted octanol–water partition coefficient (Wildman–Crippen LogP) is 11.6. The molecule has 36 heavy (non-hydrogen) atoms. The molecule has 0 saturated carbocycles. The summed E-state index contributed by atoms with van der Waals surface area (Å²) in [6.45, 7) is 4.56. The van der Waals surface area contributed by atoms with E-state index in [4.69, 9.17) is 0 Å². The third-order valence-electron chi connectivity index (χ3n) is 7.94. The van der Waals surface area contributed by atoms with Crippen LogP contribution in [0.3, 0.4) is 0 Å². The van der Waals surface area contributed by atoms with Gasteiger partial charge in [-0.05, 0) is 37.3 Å². The number of rotatable bonds is 26. The monoisotopic (exact) mass is 502 g/mol. The standard InChI is InChI=1S/C34H62O2/c1-3-5-7-9-11-13-15-17-19-21-23-25-27-31-29-30-33(35)34(36)32(31)28-26-24-22-20-18-16-14-12-10-8-6-4-2/h29-30,35-36H,3-28H2,1-2H3. The minimum absolute atomic E-state index is 0.0439. The Hall–Kier alpha value is -1.18. The number of phenolic OH excluding ortho intramolecular Hbond substituents is 2. The fourth-order valence-corrected chi connectivity index (χ4v) is 5.48. The third kappa shape index (κ3) is 17.3. The van der Waals surface area contributed by atoms with Crippen LogP contribution in [0, 0.1) is 0 Å². The Bertz CT molecular complexity index is 609. The minimum atomic E-state index is 0.0439. The van der Waals surface area contributed by atoms with Crippen LogP contribution in [-0.2, 0) is 12.8 Å². The van der Waals surface area contributed by atoms with Crippen LogP contribution in [0.25, 0.3) is 0 Å². The van der Waals surface area contributed by atoms with E-state index >= 15 is 0 Å².